The molecule has 19 heavy (non-hydrogen) atoms. The van der Waals surface area contributed by atoms with Crippen molar-refractivity contribution in [2.75, 3.05) is 12.3 Å². The quantitative estimate of drug-likeness (QED) is 0.664. The SMILES string of the molecule is Nc1nc2c(ncn2[C@@H]2CC(F)[C@H](CO)O2)c(=O)[nH]1. The third kappa shape index (κ3) is 1.87. The van der Waals surface area contributed by atoms with Crippen LogP contribution >= 0.6 is 0 Å². The molecule has 0 aromatic carbocycles. The van der Waals surface area contributed by atoms with Gasteiger partial charge in [0.25, 0.3) is 5.56 Å². The summed E-state index contributed by atoms with van der Waals surface area (Å²) in [5.41, 5.74) is 5.35. The Balaban J connectivity index is 2.05. The van der Waals surface area contributed by atoms with E-state index in [0.717, 1.165) is 0 Å². The van der Waals surface area contributed by atoms with Crippen LogP contribution < -0.4 is 11.3 Å². The first-order chi connectivity index (χ1) is 9.10. The van der Waals surface area contributed by atoms with Crippen LogP contribution in [0.2, 0.25) is 0 Å². The number of halogens is 1. The van der Waals surface area contributed by atoms with E-state index in [1.807, 2.05) is 0 Å². The number of nitrogens with zero attached hydrogens (tertiary/aromatic N) is 3. The number of aromatic amines is 1. The summed E-state index contributed by atoms with van der Waals surface area (Å²) in [4.78, 5) is 21.8. The number of nitrogens with one attached hydrogen (secondary N) is 1. The Morgan fingerprint density at radius 3 is 3.16 bits per heavy atom. The minimum absolute atomic E-state index is 0.0484. The van der Waals surface area contributed by atoms with Crippen LogP contribution in [0.25, 0.3) is 11.2 Å². The summed E-state index contributed by atoms with van der Waals surface area (Å²) >= 11 is 0. The molecule has 0 amide bonds. The van der Waals surface area contributed by atoms with Gasteiger partial charge < -0.3 is 15.6 Å². The molecule has 4 N–H and O–H groups in total. The Morgan fingerprint density at radius 2 is 2.47 bits per heavy atom. The molecule has 1 aliphatic heterocycles. The molecule has 1 unspecified atom stereocenters. The Morgan fingerprint density at radius 1 is 1.68 bits per heavy atom. The van der Waals surface area contributed by atoms with Crippen LogP contribution in [0.1, 0.15) is 12.6 Å². The number of nitrogens with two attached hydrogens (primary N) is 1. The van der Waals surface area contributed by atoms with Crippen LogP contribution in [0.3, 0.4) is 0 Å². The average molecular weight is 269 g/mol. The fourth-order valence-electron chi connectivity index (χ4n) is 2.18. The fraction of sp³-hybridized carbons (Fsp3) is 0.500. The van der Waals surface area contributed by atoms with Crippen molar-refractivity contribution in [3.8, 4) is 0 Å². The number of aliphatic hydroxyl groups is 1. The lowest BCUT2D eigenvalue weighted by Crippen LogP contribution is -2.21. The first-order valence-electron chi connectivity index (χ1n) is 5.73. The number of nitrogen functional groups attached to an aromatic ring is 1. The standard InChI is InChI=1S/C10H12FN5O3/c11-4-1-6(19-5(4)2-17)16-3-13-7-8(16)14-10(12)15-9(7)18/h3-6,17H,1-2H2,(H3,12,14,15,18)/t4?,5-,6-/m0/s1. The summed E-state index contributed by atoms with van der Waals surface area (Å²) in [6.07, 6.45) is -1.39. The predicted octanol–water partition coefficient (Wildman–Crippen LogP) is -0.680. The molecular formula is C10H12FN5O3. The Kier molecular flexibility index (Phi) is 2.72. The molecule has 102 valence electrons. The lowest BCUT2D eigenvalue weighted by atomic mass is 10.2. The van der Waals surface area contributed by atoms with Gasteiger partial charge in [0.15, 0.2) is 11.2 Å². The number of ether oxygens (including phenoxy) is 1. The molecular weight excluding hydrogens is 257 g/mol. The molecule has 3 rings (SSSR count). The highest BCUT2D eigenvalue weighted by molar-refractivity contribution is 5.70. The zero-order chi connectivity index (χ0) is 13.6. The van der Waals surface area contributed by atoms with Gasteiger partial charge in [-0.25, -0.2) is 9.37 Å². The molecule has 0 aliphatic carbocycles. The van der Waals surface area contributed by atoms with E-state index in [4.69, 9.17) is 15.6 Å². The Hall–Kier alpha value is -2.00. The number of H-pyrrole nitrogens is 1. The number of hydrogen-bond donors (Lipinski definition) is 3. The highest BCUT2D eigenvalue weighted by Crippen LogP contribution is 2.31. The van der Waals surface area contributed by atoms with E-state index in [-0.39, 0.29) is 23.5 Å². The smallest absolute Gasteiger partial charge is 0.280 e. The second-order valence-corrected chi connectivity index (χ2v) is 4.34. The number of fused-ring (bicyclic) bond motifs is 1. The first kappa shape index (κ1) is 12.1. The van der Waals surface area contributed by atoms with E-state index in [9.17, 15) is 9.18 Å². The van der Waals surface area contributed by atoms with Crippen LogP contribution in [0.4, 0.5) is 10.3 Å². The minimum Gasteiger partial charge on any atom is -0.394 e. The monoisotopic (exact) mass is 269 g/mol. The van der Waals surface area contributed by atoms with Crippen molar-refractivity contribution in [3.63, 3.8) is 0 Å². The fourth-order valence-corrected chi connectivity index (χ4v) is 2.18. The van der Waals surface area contributed by atoms with Crippen LogP contribution in [0, 0.1) is 0 Å². The summed E-state index contributed by atoms with van der Waals surface area (Å²) in [5, 5.41) is 8.97. The van der Waals surface area contributed by atoms with E-state index in [1.54, 1.807) is 0 Å². The van der Waals surface area contributed by atoms with Crippen LogP contribution in [-0.2, 0) is 4.74 Å². The number of aromatic nitrogens is 4. The van der Waals surface area contributed by atoms with Gasteiger partial charge in [-0.15, -0.1) is 0 Å². The molecule has 0 bridgehead atoms. The number of rotatable bonds is 2. The maximum absolute atomic E-state index is 13.6. The van der Waals surface area contributed by atoms with Crippen LogP contribution in [-0.4, -0.2) is 43.5 Å². The molecule has 8 nitrogen and oxygen atoms in total. The Labute approximate surface area is 106 Å². The summed E-state index contributed by atoms with van der Waals surface area (Å²) in [6.45, 7) is -0.402. The lowest BCUT2D eigenvalue weighted by Gasteiger charge is -2.13. The number of alkyl halides is 1. The van der Waals surface area contributed by atoms with Crippen molar-refractivity contribution in [1.82, 2.24) is 19.5 Å². The van der Waals surface area contributed by atoms with Gasteiger partial charge in [-0.2, -0.15) is 4.98 Å². The highest BCUT2D eigenvalue weighted by Gasteiger charge is 2.36. The maximum Gasteiger partial charge on any atom is 0.280 e. The third-order valence-electron chi connectivity index (χ3n) is 3.10. The molecule has 9 heteroatoms. The first-order valence-corrected chi connectivity index (χ1v) is 5.73. The van der Waals surface area contributed by atoms with E-state index >= 15 is 0 Å². The van der Waals surface area contributed by atoms with Crippen molar-refractivity contribution < 1.29 is 14.2 Å². The average Bonchev–Trinajstić information content (AvgIpc) is 2.92. The molecule has 3 heterocycles. The maximum atomic E-state index is 13.6. The number of imidazole rings is 1. The molecule has 0 saturated carbocycles. The van der Waals surface area contributed by atoms with Gasteiger partial charge in [0.1, 0.15) is 18.5 Å². The van der Waals surface area contributed by atoms with Gasteiger partial charge in [0, 0.05) is 6.42 Å². The van der Waals surface area contributed by atoms with Gasteiger partial charge in [0.05, 0.1) is 12.9 Å². The highest BCUT2D eigenvalue weighted by atomic mass is 19.1. The molecule has 1 aliphatic rings. The van der Waals surface area contributed by atoms with Gasteiger partial charge >= 0.3 is 0 Å². The van der Waals surface area contributed by atoms with Crippen molar-refractivity contribution in [1.29, 1.82) is 0 Å². The normalized spacial score (nSPS) is 27.2. The molecule has 2 aromatic heterocycles. The topological polar surface area (TPSA) is 119 Å². The molecule has 0 radical (unpaired) electrons. The second kappa shape index (κ2) is 4.28. The summed E-state index contributed by atoms with van der Waals surface area (Å²) in [6, 6.07) is 0. The van der Waals surface area contributed by atoms with Crippen LogP contribution in [0.5, 0.6) is 0 Å². The largest absolute Gasteiger partial charge is 0.394 e. The molecule has 0 spiro atoms. The van der Waals surface area contributed by atoms with E-state index in [0.29, 0.717) is 0 Å². The van der Waals surface area contributed by atoms with Crippen LogP contribution in [0.15, 0.2) is 11.1 Å². The Bertz CT molecular complexity index is 669. The number of anilines is 1. The predicted molar refractivity (Wildman–Crippen MR) is 63.1 cm³/mol. The van der Waals surface area contributed by atoms with Crippen molar-refractivity contribution in [3.05, 3.63) is 16.7 Å². The van der Waals surface area contributed by atoms with E-state index < -0.39 is 30.7 Å². The molecule has 1 saturated heterocycles. The molecule has 1 fully saturated rings. The number of hydrogen-bond acceptors (Lipinski definition) is 6. The van der Waals surface area contributed by atoms with Gasteiger partial charge in [-0.1, -0.05) is 0 Å². The van der Waals surface area contributed by atoms with Gasteiger partial charge in [-0.3, -0.25) is 14.3 Å². The minimum atomic E-state index is -1.27. The summed E-state index contributed by atoms with van der Waals surface area (Å²) in [5.74, 6) is -0.0484. The van der Waals surface area contributed by atoms with E-state index in [2.05, 4.69) is 15.0 Å². The van der Waals surface area contributed by atoms with Crippen molar-refractivity contribution in [2.45, 2.75) is 24.9 Å². The van der Waals surface area contributed by atoms with Crippen molar-refractivity contribution in [2.24, 2.45) is 0 Å². The lowest BCUT2D eigenvalue weighted by molar-refractivity contribution is -0.0323. The third-order valence-corrected chi connectivity index (χ3v) is 3.10. The van der Waals surface area contributed by atoms with Gasteiger partial charge in [0.2, 0.25) is 5.95 Å². The summed E-state index contributed by atoms with van der Waals surface area (Å²) < 4.78 is 20.4. The van der Waals surface area contributed by atoms with Gasteiger partial charge in [-0.05, 0) is 0 Å². The zero-order valence-electron chi connectivity index (χ0n) is 9.78. The zero-order valence-corrected chi connectivity index (χ0v) is 9.78. The summed E-state index contributed by atoms with van der Waals surface area (Å²) in [7, 11) is 0. The van der Waals surface area contributed by atoms with Crippen molar-refractivity contribution >= 4 is 17.1 Å². The number of aliphatic hydroxyl groups excluding tert-OH is 1. The molecule has 2 aromatic rings. The second-order valence-electron chi connectivity index (χ2n) is 4.34. The molecule has 3 atom stereocenters. The van der Waals surface area contributed by atoms with E-state index in [1.165, 1.54) is 10.9 Å².